The van der Waals surface area contributed by atoms with Crippen LogP contribution in [0.4, 0.5) is 31.9 Å². The maximum absolute atomic E-state index is 15.4. The third kappa shape index (κ3) is 6.58. The van der Waals surface area contributed by atoms with Gasteiger partial charge in [-0.25, -0.2) is 22.8 Å². The van der Waals surface area contributed by atoms with Gasteiger partial charge < -0.3 is 19.7 Å². The van der Waals surface area contributed by atoms with Crippen LogP contribution in [0.2, 0.25) is 0 Å². The Hall–Kier alpha value is -4.35. The molecule has 0 aliphatic carbocycles. The van der Waals surface area contributed by atoms with Gasteiger partial charge in [-0.15, -0.1) is 0 Å². The monoisotopic (exact) mass is 647 g/mol. The van der Waals surface area contributed by atoms with E-state index in [1.165, 1.54) is 25.3 Å². The van der Waals surface area contributed by atoms with Crippen LogP contribution >= 0.6 is 11.8 Å². The third-order valence-electron chi connectivity index (χ3n) is 6.69. The molecule has 5 rings (SSSR count). The van der Waals surface area contributed by atoms with Crippen molar-refractivity contribution >= 4 is 44.7 Å². The fourth-order valence-corrected chi connectivity index (χ4v) is 6.66. The molecule has 2 N–H and O–H groups in total. The number of aromatic amines is 1. The number of nitrogens with one attached hydrogen (secondary N) is 2. The second-order valence-corrected chi connectivity index (χ2v) is 12.8. The van der Waals surface area contributed by atoms with Crippen LogP contribution in [-0.4, -0.2) is 66.4 Å². The van der Waals surface area contributed by atoms with Crippen LogP contribution in [0.25, 0.3) is 0 Å². The second-order valence-electron chi connectivity index (χ2n) is 9.85. The van der Waals surface area contributed by atoms with Crippen LogP contribution in [0.5, 0.6) is 5.75 Å². The molecule has 1 aliphatic rings. The summed E-state index contributed by atoms with van der Waals surface area (Å²) >= 11 is 0.865. The zero-order valence-electron chi connectivity index (χ0n) is 23.7. The average molecular weight is 648 g/mol. The lowest BCUT2D eigenvalue weighted by atomic mass is 10.2. The number of morpholine rings is 1. The van der Waals surface area contributed by atoms with E-state index in [0.29, 0.717) is 37.1 Å². The Kier molecular flexibility index (Phi) is 8.98. The largest absolute Gasteiger partial charge is 0.490 e. The maximum Gasteiger partial charge on any atom is 0.305 e. The van der Waals surface area contributed by atoms with Gasteiger partial charge in [-0.05, 0) is 43.8 Å². The van der Waals surface area contributed by atoms with Gasteiger partial charge in [-0.2, -0.15) is 9.49 Å². The number of ether oxygens (including phenoxy) is 2. The van der Waals surface area contributed by atoms with Crippen LogP contribution in [0.15, 0.2) is 57.4 Å². The Morgan fingerprint density at radius 2 is 2.05 bits per heavy atom. The number of aromatic nitrogens is 4. The highest BCUT2D eigenvalue weighted by Gasteiger charge is 2.28. The first-order chi connectivity index (χ1) is 21.0. The fourth-order valence-electron chi connectivity index (χ4n) is 4.54. The summed E-state index contributed by atoms with van der Waals surface area (Å²) < 4.78 is 67.2. The van der Waals surface area contributed by atoms with Gasteiger partial charge in [0.25, 0.3) is 0 Å². The lowest BCUT2D eigenvalue weighted by Crippen LogP contribution is -2.44. The van der Waals surface area contributed by atoms with Gasteiger partial charge in [0.1, 0.15) is 5.82 Å². The quantitative estimate of drug-likeness (QED) is 0.137. The van der Waals surface area contributed by atoms with Crippen LogP contribution < -0.4 is 15.0 Å². The van der Waals surface area contributed by atoms with Crippen molar-refractivity contribution in [1.82, 2.24) is 20.2 Å². The summed E-state index contributed by atoms with van der Waals surface area (Å²) in [5, 5.41) is 21.3. The molecule has 1 saturated heterocycles. The maximum atomic E-state index is 15.4. The zero-order chi connectivity index (χ0) is 31.6. The Labute approximate surface area is 255 Å². The fraction of sp³-hybridized carbons (Fsp3) is 0.296. The number of nitro groups is 1. The van der Waals surface area contributed by atoms with E-state index in [9.17, 15) is 22.9 Å². The van der Waals surface area contributed by atoms with Crippen molar-refractivity contribution in [3.8, 4) is 5.75 Å². The van der Waals surface area contributed by atoms with E-state index in [4.69, 9.17) is 9.47 Å². The van der Waals surface area contributed by atoms with E-state index in [1.807, 2.05) is 18.7 Å². The number of hydrogen-bond donors (Lipinski definition) is 2. The van der Waals surface area contributed by atoms with Crippen molar-refractivity contribution < 1.29 is 31.6 Å². The van der Waals surface area contributed by atoms with E-state index >= 15 is 4.39 Å². The topological polar surface area (TPSA) is 165 Å². The smallest absolute Gasteiger partial charge is 0.305 e. The Morgan fingerprint density at radius 1 is 1.25 bits per heavy atom. The molecule has 0 bridgehead atoms. The molecule has 4 aromatic rings. The summed E-state index contributed by atoms with van der Waals surface area (Å²) in [6, 6.07) is 8.20. The number of halogens is 2. The van der Waals surface area contributed by atoms with Gasteiger partial charge in [0.05, 0.1) is 46.8 Å². The minimum Gasteiger partial charge on any atom is -0.490 e. The van der Waals surface area contributed by atoms with Gasteiger partial charge in [0.2, 0.25) is 11.6 Å². The number of nitrogens with zero attached hydrogens (tertiary/aromatic N) is 5. The minimum absolute atomic E-state index is 0.0261. The Bertz CT molecular complexity index is 1820. The first-order valence-electron chi connectivity index (χ1n) is 13.2. The zero-order valence-corrected chi connectivity index (χ0v) is 25.3. The average Bonchev–Trinajstić information content (AvgIpc) is 3.39. The number of H-pyrrole nitrogens is 1. The number of methoxy groups -OCH3 is 1. The van der Waals surface area contributed by atoms with Crippen molar-refractivity contribution in [2.24, 2.45) is 0 Å². The normalized spacial score (nSPS) is 15.3. The van der Waals surface area contributed by atoms with Crippen molar-refractivity contribution in [1.29, 1.82) is 0 Å². The van der Waals surface area contributed by atoms with E-state index in [0.717, 1.165) is 35.7 Å². The van der Waals surface area contributed by atoms with Crippen molar-refractivity contribution in [3.63, 3.8) is 0 Å². The highest BCUT2D eigenvalue weighted by atomic mass is 32.2. The molecule has 0 radical (unpaired) electrons. The van der Waals surface area contributed by atoms with Crippen LogP contribution in [0, 0.1) is 28.7 Å². The molecule has 1 atom stereocenters. The summed E-state index contributed by atoms with van der Waals surface area (Å²) in [6.45, 7) is 5.25. The molecule has 0 amide bonds. The van der Waals surface area contributed by atoms with E-state index in [-0.39, 0.29) is 21.9 Å². The molecule has 2 aromatic heterocycles. The molecule has 0 unspecified atom stereocenters. The molecule has 232 valence electrons. The number of aryl methyl sites for hydroxylation is 1. The molecule has 0 saturated carbocycles. The summed E-state index contributed by atoms with van der Waals surface area (Å²) in [6.07, 6.45) is 0. The van der Waals surface area contributed by atoms with E-state index < -0.39 is 48.3 Å². The summed E-state index contributed by atoms with van der Waals surface area (Å²) in [4.78, 5) is 20.9. The molecular weight excluding hydrogens is 620 g/mol. The standard InChI is InChI=1S/C27H27F2N7O6S2/c1-15-11-22(34-33-15)30-25-24(41-3)26(35-9-10-42-13-16(35)2)32-27(31-25)43-21-8-7-18(12-19(21)28)44(39,40)14-17-5-4-6-20(23(17)29)36(37)38/h4-8,11-12,16H,9-10,13-14H2,1-3H3,(H2,30,31,32,33,34)/t16-/m1/s1. The van der Waals surface area contributed by atoms with Gasteiger partial charge in [0, 0.05) is 29.9 Å². The predicted octanol–water partition coefficient (Wildman–Crippen LogP) is 4.80. The first-order valence-corrected chi connectivity index (χ1v) is 15.6. The first kappa shape index (κ1) is 31.1. The van der Waals surface area contributed by atoms with Crippen molar-refractivity contribution in [3.05, 3.63) is 75.5 Å². The molecule has 3 heterocycles. The number of anilines is 3. The Balaban J connectivity index is 1.47. The van der Waals surface area contributed by atoms with Gasteiger partial charge >= 0.3 is 5.69 Å². The number of hydrogen-bond acceptors (Lipinski definition) is 12. The van der Waals surface area contributed by atoms with E-state index in [1.54, 1.807) is 6.07 Å². The molecule has 1 aliphatic heterocycles. The Morgan fingerprint density at radius 3 is 2.70 bits per heavy atom. The van der Waals surface area contributed by atoms with Crippen LogP contribution in [0.1, 0.15) is 18.2 Å². The lowest BCUT2D eigenvalue weighted by Gasteiger charge is -2.35. The highest BCUT2D eigenvalue weighted by Crippen LogP contribution is 2.40. The van der Waals surface area contributed by atoms with Crippen molar-refractivity contribution in [2.75, 3.05) is 37.1 Å². The number of nitro benzene ring substituents is 1. The van der Waals surface area contributed by atoms with Crippen LogP contribution in [-0.2, 0) is 20.3 Å². The van der Waals surface area contributed by atoms with E-state index in [2.05, 4.69) is 25.5 Å². The second kappa shape index (κ2) is 12.7. The number of sulfone groups is 1. The van der Waals surface area contributed by atoms with Crippen molar-refractivity contribution in [2.45, 2.75) is 40.6 Å². The summed E-state index contributed by atoms with van der Waals surface area (Å²) in [7, 11) is -2.78. The molecule has 17 heteroatoms. The van der Waals surface area contributed by atoms with Gasteiger partial charge in [-0.3, -0.25) is 15.2 Å². The van der Waals surface area contributed by atoms with Gasteiger partial charge in [0.15, 0.2) is 32.4 Å². The minimum atomic E-state index is -4.26. The lowest BCUT2D eigenvalue weighted by molar-refractivity contribution is -0.387. The summed E-state index contributed by atoms with van der Waals surface area (Å²) in [5.41, 5.74) is -0.443. The van der Waals surface area contributed by atoms with Crippen LogP contribution in [0.3, 0.4) is 0 Å². The predicted molar refractivity (Wildman–Crippen MR) is 157 cm³/mol. The molecular formula is C27H27F2N7O6S2. The highest BCUT2D eigenvalue weighted by molar-refractivity contribution is 7.99. The van der Waals surface area contributed by atoms with Gasteiger partial charge in [-0.1, -0.05) is 12.1 Å². The molecule has 13 nitrogen and oxygen atoms in total. The third-order valence-corrected chi connectivity index (χ3v) is 9.27. The summed E-state index contributed by atoms with van der Waals surface area (Å²) in [5.74, 6) is -1.48. The number of rotatable bonds is 10. The molecule has 1 fully saturated rings. The SMILES string of the molecule is COc1c(Nc2cc(C)[nH]n2)nc(Sc2ccc(S(=O)(=O)Cc3cccc([N+](=O)[O-])c3F)cc2F)nc1N1CCOC[C@H]1C. The number of benzene rings is 2. The molecule has 0 spiro atoms. The molecule has 2 aromatic carbocycles. The molecule has 44 heavy (non-hydrogen) atoms.